The summed E-state index contributed by atoms with van der Waals surface area (Å²) >= 11 is 3.47. The Bertz CT molecular complexity index is 587. The maximum atomic E-state index is 5.97. The minimum atomic E-state index is 0.662. The second-order valence-electron chi connectivity index (χ2n) is 4.90. The number of hydrogen-bond acceptors (Lipinski definition) is 3. The van der Waals surface area contributed by atoms with Gasteiger partial charge in [0.15, 0.2) is 0 Å². The van der Waals surface area contributed by atoms with Gasteiger partial charge in [-0.25, -0.2) is 4.98 Å². The zero-order valence-electron chi connectivity index (χ0n) is 12.5. The molecule has 0 atom stereocenters. The topological polar surface area (TPSA) is 34.2 Å². The molecule has 0 radical (unpaired) electrons. The van der Waals surface area contributed by atoms with Crippen molar-refractivity contribution < 1.29 is 4.74 Å². The summed E-state index contributed by atoms with van der Waals surface area (Å²) in [7, 11) is 0. The van der Waals surface area contributed by atoms with E-state index in [1.165, 1.54) is 5.56 Å². The van der Waals surface area contributed by atoms with E-state index in [1.54, 1.807) is 6.20 Å². The highest BCUT2D eigenvalue weighted by atomic mass is 79.9. The van der Waals surface area contributed by atoms with Gasteiger partial charge in [0.05, 0.1) is 0 Å². The molecular weight excluding hydrogens is 328 g/mol. The first-order valence-corrected chi connectivity index (χ1v) is 8.14. The van der Waals surface area contributed by atoms with Crippen LogP contribution in [-0.2, 0) is 13.0 Å². The van der Waals surface area contributed by atoms with Crippen LogP contribution in [0.1, 0.15) is 31.4 Å². The molecule has 0 aliphatic rings. The lowest BCUT2D eigenvalue weighted by Crippen LogP contribution is -2.14. The summed E-state index contributed by atoms with van der Waals surface area (Å²) in [6.45, 7) is 6.03. The van der Waals surface area contributed by atoms with E-state index in [1.807, 2.05) is 12.1 Å². The van der Waals surface area contributed by atoms with Gasteiger partial charge in [-0.2, -0.15) is 0 Å². The molecule has 1 aromatic carbocycles. The Morgan fingerprint density at radius 1 is 1.24 bits per heavy atom. The Hall–Kier alpha value is -1.39. The van der Waals surface area contributed by atoms with Crippen molar-refractivity contribution in [3.8, 4) is 11.6 Å². The molecule has 112 valence electrons. The second-order valence-corrected chi connectivity index (χ2v) is 5.81. The lowest BCUT2D eigenvalue weighted by Gasteiger charge is -2.12. The number of nitrogens with one attached hydrogen (secondary N) is 1. The number of nitrogens with zero attached hydrogens (tertiary/aromatic N) is 1. The van der Waals surface area contributed by atoms with E-state index in [-0.39, 0.29) is 0 Å². The van der Waals surface area contributed by atoms with E-state index in [4.69, 9.17) is 4.74 Å². The van der Waals surface area contributed by atoms with E-state index in [0.29, 0.717) is 5.88 Å². The molecule has 1 heterocycles. The molecule has 2 aromatic rings. The predicted octanol–water partition coefficient (Wildman–Crippen LogP) is 4.70. The Labute approximate surface area is 134 Å². The van der Waals surface area contributed by atoms with Gasteiger partial charge in [-0.05, 0) is 59.1 Å². The van der Waals surface area contributed by atoms with Gasteiger partial charge in [-0.15, -0.1) is 0 Å². The molecule has 0 unspecified atom stereocenters. The van der Waals surface area contributed by atoms with E-state index < -0.39 is 0 Å². The molecule has 0 saturated carbocycles. The Morgan fingerprint density at radius 2 is 2.10 bits per heavy atom. The van der Waals surface area contributed by atoms with Crippen molar-refractivity contribution in [3.05, 3.63) is 52.1 Å². The molecule has 0 bridgehead atoms. The SMILES string of the molecule is CCCNCc1cc(Br)cnc1Oc1cccc(CC)c1. The van der Waals surface area contributed by atoms with Gasteiger partial charge in [0.1, 0.15) is 5.75 Å². The molecule has 0 spiro atoms. The zero-order chi connectivity index (χ0) is 15.1. The molecule has 4 heteroatoms. The van der Waals surface area contributed by atoms with Gasteiger partial charge in [-0.3, -0.25) is 0 Å². The average Bonchev–Trinajstić information content (AvgIpc) is 2.50. The van der Waals surface area contributed by atoms with Crippen LogP contribution >= 0.6 is 15.9 Å². The number of rotatable bonds is 7. The largest absolute Gasteiger partial charge is 0.439 e. The number of halogens is 1. The van der Waals surface area contributed by atoms with Crippen molar-refractivity contribution in [1.29, 1.82) is 0 Å². The average molecular weight is 349 g/mol. The van der Waals surface area contributed by atoms with Crippen LogP contribution in [0, 0.1) is 0 Å². The first kappa shape index (κ1) is 16.0. The van der Waals surface area contributed by atoms with Crippen LogP contribution in [0.2, 0.25) is 0 Å². The Morgan fingerprint density at radius 3 is 2.86 bits per heavy atom. The number of hydrogen-bond donors (Lipinski definition) is 1. The zero-order valence-corrected chi connectivity index (χ0v) is 14.1. The van der Waals surface area contributed by atoms with Crippen molar-refractivity contribution in [2.24, 2.45) is 0 Å². The van der Waals surface area contributed by atoms with Gasteiger partial charge >= 0.3 is 0 Å². The highest BCUT2D eigenvalue weighted by Gasteiger charge is 2.08. The smallest absolute Gasteiger partial charge is 0.223 e. The van der Waals surface area contributed by atoms with Crippen molar-refractivity contribution in [2.45, 2.75) is 33.2 Å². The van der Waals surface area contributed by atoms with Crippen LogP contribution in [0.25, 0.3) is 0 Å². The van der Waals surface area contributed by atoms with Crippen LogP contribution in [0.4, 0.5) is 0 Å². The van der Waals surface area contributed by atoms with Crippen LogP contribution in [-0.4, -0.2) is 11.5 Å². The molecular formula is C17H21BrN2O. The van der Waals surface area contributed by atoms with Crippen LogP contribution in [0.15, 0.2) is 41.0 Å². The standard InChI is InChI=1S/C17H21BrN2O/c1-3-8-19-11-14-10-15(18)12-20-17(14)21-16-7-5-6-13(4-2)9-16/h5-7,9-10,12,19H,3-4,8,11H2,1-2H3. The summed E-state index contributed by atoms with van der Waals surface area (Å²) in [5, 5.41) is 3.39. The highest BCUT2D eigenvalue weighted by molar-refractivity contribution is 9.10. The van der Waals surface area contributed by atoms with Crippen LogP contribution < -0.4 is 10.1 Å². The maximum Gasteiger partial charge on any atom is 0.223 e. The summed E-state index contributed by atoms with van der Waals surface area (Å²) in [6.07, 6.45) is 3.87. The molecule has 0 aliphatic heterocycles. The summed E-state index contributed by atoms with van der Waals surface area (Å²) in [4.78, 5) is 4.40. The quantitative estimate of drug-likeness (QED) is 0.736. The minimum absolute atomic E-state index is 0.662. The van der Waals surface area contributed by atoms with Crippen LogP contribution in [0.3, 0.4) is 0 Å². The molecule has 1 aromatic heterocycles. The monoisotopic (exact) mass is 348 g/mol. The number of pyridine rings is 1. The van der Waals surface area contributed by atoms with E-state index in [0.717, 1.165) is 41.7 Å². The third-order valence-electron chi connectivity index (χ3n) is 3.16. The summed E-state index contributed by atoms with van der Waals surface area (Å²) in [6, 6.07) is 10.2. The van der Waals surface area contributed by atoms with Crippen molar-refractivity contribution in [1.82, 2.24) is 10.3 Å². The third-order valence-corrected chi connectivity index (χ3v) is 3.59. The van der Waals surface area contributed by atoms with E-state index in [9.17, 15) is 0 Å². The maximum absolute atomic E-state index is 5.97. The van der Waals surface area contributed by atoms with Crippen molar-refractivity contribution >= 4 is 15.9 Å². The van der Waals surface area contributed by atoms with Gasteiger partial charge in [0.25, 0.3) is 0 Å². The van der Waals surface area contributed by atoms with E-state index in [2.05, 4.69) is 58.3 Å². The molecule has 0 saturated heterocycles. The molecule has 0 fully saturated rings. The number of benzene rings is 1. The van der Waals surface area contributed by atoms with Gasteiger partial charge in [-0.1, -0.05) is 26.0 Å². The van der Waals surface area contributed by atoms with Gasteiger partial charge in [0.2, 0.25) is 5.88 Å². The number of aromatic nitrogens is 1. The Balaban J connectivity index is 2.17. The van der Waals surface area contributed by atoms with Crippen molar-refractivity contribution in [3.63, 3.8) is 0 Å². The molecule has 21 heavy (non-hydrogen) atoms. The highest BCUT2D eigenvalue weighted by Crippen LogP contribution is 2.26. The minimum Gasteiger partial charge on any atom is -0.439 e. The second kappa shape index (κ2) is 8.15. The lowest BCUT2D eigenvalue weighted by atomic mass is 10.2. The molecule has 3 nitrogen and oxygen atoms in total. The molecule has 0 aliphatic carbocycles. The fourth-order valence-corrected chi connectivity index (χ4v) is 2.41. The molecule has 2 rings (SSSR count). The molecule has 0 amide bonds. The van der Waals surface area contributed by atoms with Crippen LogP contribution in [0.5, 0.6) is 11.6 Å². The number of aryl methyl sites for hydroxylation is 1. The van der Waals surface area contributed by atoms with Gasteiger partial charge < -0.3 is 10.1 Å². The van der Waals surface area contributed by atoms with Gasteiger partial charge in [0, 0.05) is 22.8 Å². The summed E-state index contributed by atoms with van der Waals surface area (Å²) in [5.41, 5.74) is 2.31. The first-order chi connectivity index (χ1) is 10.2. The fraction of sp³-hybridized carbons (Fsp3) is 0.353. The lowest BCUT2D eigenvalue weighted by molar-refractivity contribution is 0.452. The summed E-state index contributed by atoms with van der Waals surface area (Å²) in [5.74, 6) is 1.50. The van der Waals surface area contributed by atoms with Crippen molar-refractivity contribution in [2.75, 3.05) is 6.54 Å². The summed E-state index contributed by atoms with van der Waals surface area (Å²) < 4.78 is 6.93. The Kier molecular flexibility index (Phi) is 6.21. The normalized spacial score (nSPS) is 10.6. The number of ether oxygens (including phenoxy) is 1. The van der Waals surface area contributed by atoms with E-state index >= 15 is 0 Å². The predicted molar refractivity (Wildman–Crippen MR) is 89.8 cm³/mol. The molecule has 1 N–H and O–H groups in total. The third kappa shape index (κ3) is 4.83. The first-order valence-electron chi connectivity index (χ1n) is 7.34. The fourth-order valence-electron chi connectivity index (χ4n) is 2.03.